The molecule has 4 rings (SSSR count). The van der Waals surface area contributed by atoms with Gasteiger partial charge < -0.3 is 10.2 Å². The Balaban J connectivity index is 1.91. The molecule has 0 saturated heterocycles. The lowest BCUT2D eigenvalue weighted by atomic mass is 9.94. The highest BCUT2D eigenvalue weighted by atomic mass is 35.5. The van der Waals surface area contributed by atoms with E-state index in [-0.39, 0.29) is 22.4 Å². The predicted molar refractivity (Wildman–Crippen MR) is 128 cm³/mol. The van der Waals surface area contributed by atoms with Crippen LogP contribution in [0, 0.1) is 6.92 Å². The zero-order valence-electron chi connectivity index (χ0n) is 17.6. The van der Waals surface area contributed by atoms with Crippen LogP contribution in [0.1, 0.15) is 15.9 Å². The largest absolute Gasteiger partial charge is 0.506 e. The summed E-state index contributed by atoms with van der Waals surface area (Å²) in [5.74, 6) is -1.88. The summed E-state index contributed by atoms with van der Waals surface area (Å²) in [6.45, 7) is 1.82. The molecule has 4 aromatic carbocycles. The van der Waals surface area contributed by atoms with Crippen molar-refractivity contribution < 1.29 is 28.0 Å². The first-order valence-corrected chi connectivity index (χ1v) is 11.7. The van der Waals surface area contributed by atoms with Gasteiger partial charge in [0.15, 0.2) is 0 Å². The molecule has 8 nitrogen and oxygen atoms in total. The molecular formula is C24H17ClN2O6S. The lowest BCUT2D eigenvalue weighted by Crippen LogP contribution is -2.01. The van der Waals surface area contributed by atoms with Gasteiger partial charge in [-0.05, 0) is 59.2 Å². The van der Waals surface area contributed by atoms with Gasteiger partial charge in [0.05, 0.1) is 5.69 Å². The van der Waals surface area contributed by atoms with E-state index < -0.39 is 26.7 Å². The zero-order chi connectivity index (χ0) is 24.6. The number of phenols is 1. The molecule has 0 fully saturated rings. The van der Waals surface area contributed by atoms with Crippen LogP contribution in [0.3, 0.4) is 0 Å². The van der Waals surface area contributed by atoms with E-state index in [2.05, 4.69) is 10.2 Å². The molecule has 0 amide bonds. The Kier molecular flexibility index (Phi) is 6.09. The predicted octanol–water partition coefficient (Wildman–Crippen LogP) is 6.53. The molecule has 10 heteroatoms. The van der Waals surface area contributed by atoms with Gasteiger partial charge in [-0.2, -0.15) is 13.5 Å². The Hall–Kier alpha value is -3.79. The maximum atomic E-state index is 12.1. The number of aryl methyl sites for hydroxylation is 1. The van der Waals surface area contributed by atoms with E-state index in [1.165, 1.54) is 18.2 Å². The average Bonchev–Trinajstić information content (AvgIpc) is 2.78. The van der Waals surface area contributed by atoms with Crippen LogP contribution in [0.15, 0.2) is 81.9 Å². The Morgan fingerprint density at radius 3 is 2.38 bits per heavy atom. The third-order valence-electron chi connectivity index (χ3n) is 5.21. The zero-order valence-corrected chi connectivity index (χ0v) is 19.2. The Morgan fingerprint density at radius 2 is 1.71 bits per heavy atom. The molecule has 0 radical (unpaired) electrons. The van der Waals surface area contributed by atoms with Crippen LogP contribution in [0.2, 0.25) is 5.02 Å². The highest BCUT2D eigenvalue weighted by Gasteiger charge is 2.22. The monoisotopic (exact) mass is 496 g/mol. The lowest BCUT2D eigenvalue weighted by Gasteiger charge is -2.13. The Morgan fingerprint density at radius 1 is 0.971 bits per heavy atom. The summed E-state index contributed by atoms with van der Waals surface area (Å²) >= 11 is 6.08. The summed E-state index contributed by atoms with van der Waals surface area (Å²) in [6, 6.07) is 16.9. The molecule has 0 atom stereocenters. The summed E-state index contributed by atoms with van der Waals surface area (Å²) in [5, 5.41) is 29.7. The molecule has 0 aliphatic heterocycles. The Labute approximate surface area is 199 Å². The quantitative estimate of drug-likeness (QED) is 0.212. The van der Waals surface area contributed by atoms with Crippen LogP contribution in [0.4, 0.5) is 11.4 Å². The van der Waals surface area contributed by atoms with Gasteiger partial charge in [0.1, 0.15) is 21.9 Å². The maximum absolute atomic E-state index is 12.1. The van der Waals surface area contributed by atoms with Crippen molar-refractivity contribution in [1.82, 2.24) is 0 Å². The number of nitrogens with zero attached hydrogens (tertiary/aromatic N) is 2. The topological polar surface area (TPSA) is 137 Å². The summed E-state index contributed by atoms with van der Waals surface area (Å²) < 4.78 is 34.1. The smallest absolute Gasteiger partial charge is 0.339 e. The minimum absolute atomic E-state index is 0.106. The summed E-state index contributed by atoms with van der Waals surface area (Å²) in [6.07, 6.45) is 0. The highest BCUT2D eigenvalue weighted by Crippen LogP contribution is 2.41. The van der Waals surface area contributed by atoms with Crippen LogP contribution in [-0.2, 0) is 10.1 Å². The van der Waals surface area contributed by atoms with Crippen molar-refractivity contribution in [3.63, 3.8) is 0 Å². The number of halogens is 1. The molecule has 0 unspecified atom stereocenters. The normalized spacial score (nSPS) is 11.9. The lowest BCUT2D eigenvalue weighted by molar-refractivity contribution is 0.0694. The second-order valence-corrected chi connectivity index (χ2v) is 9.26. The number of carbonyl (C=O) groups is 1. The summed E-state index contributed by atoms with van der Waals surface area (Å²) in [7, 11) is -4.75. The van der Waals surface area contributed by atoms with Crippen molar-refractivity contribution in [3.05, 3.63) is 82.9 Å². The van der Waals surface area contributed by atoms with Gasteiger partial charge in [-0.3, -0.25) is 4.55 Å². The van der Waals surface area contributed by atoms with E-state index in [0.29, 0.717) is 21.5 Å². The van der Waals surface area contributed by atoms with Crippen LogP contribution >= 0.6 is 11.6 Å². The standard InChI is InChI=1S/C24H17ClN2O6S/c1-13-6-8-16(12-19(13)25)26-27-20-9-7-15(11-21(20)34(31,32)33)22-17-5-3-2-4-14(17)10-18(23(22)28)24(29)30/h2-12,28H,1H3,(H,29,30)(H,31,32,33)/b27-26+. The molecule has 4 aromatic rings. The third-order valence-corrected chi connectivity index (χ3v) is 6.50. The van der Waals surface area contributed by atoms with Crippen LogP contribution in [0.5, 0.6) is 5.75 Å². The highest BCUT2D eigenvalue weighted by molar-refractivity contribution is 7.86. The van der Waals surface area contributed by atoms with E-state index in [9.17, 15) is 28.0 Å². The van der Waals surface area contributed by atoms with Crippen molar-refractivity contribution in [2.24, 2.45) is 10.2 Å². The number of hydrogen-bond donors (Lipinski definition) is 3. The molecule has 0 aromatic heterocycles. The first kappa shape index (κ1) is 23.4. The summed E-state index contributed by atoms with van der Waals surface area (Å²) in [4.78, 5) is 11.1. The molecule has 3 N–H and O–H groups in total. The minimum atomic E-state index is -4.75. The number of carboxylic acids is 1. The number of hydrogen-bond acceptors (Lipinski definition) is 6. The van der Waals surface area contributed by atoms with E-state index in [0.717, 1.165) is 11.6 Å². The second kappa shape index (κ2) is 8.86. The number of azo groups is 1. The molecule has 0 aliphatic rings. The summed E-state index contributed by atoms with van der Waals surface area (Å²) in [5.41, 5.74) is 0.984. The van der Waals surface area contributed by atoms with Gasteiger partial charge in [-0.25, -0.2) is 4.79 Å². The number of fused-ring (bicyclic) bond motifs is 1. The molecule has 172 valence electrons. The fourth-order valence-corrected chi connectivity index (χ4v) is 4.33. The fraction of sp³-hybridized carbons (Fsp3) is 0.0417. The van der Waals surface area contributed by atoms with Gasteiger partial charge in [0.25, 0.3) is 10.1 Å². The molecule has 34 heavy (non-hydrogen) atoms. The van der Waals surface area contributed by atoms with Gasteiger partial charge in [0, 0.05) is 10.6 Å². The van der Waals surface area contributed by atoms with Gasteiger partial charge >= 0.3 is 5.97 Å². The van der Waals surface area contributed by atoms with Gasteiger partial charge in [-0.15, -0.1) is 5.11 Å². The number of rotatable bonds is 5. The van der Waals surface area contributed by atoms with Crippen molar-refractivity contribution in [2.45, 2.75) is 11.8 Å². The van der Waals surface area contributed by atoms with E-state index in [1.54, 1.807) is 42.5 Å². The van der Waals surface area contributed by atoms with Crippen LogP contribution < -0.4 is 0 Å². The fourth-order valence-electron chi connectivity index (χ4n) is 3.51. The van der Waals surface area contributed by atoms with E-state index in [4.69, 9.17) is 11.6 Å². The maximum Gasteiger partial charge on any atom is 0.339 e. The van der Waals surface area contributed by atoms with Crippen molar-refractivity contribution in [1.29, 1.82) is 0 Å². The number of aromatic hydroxyl groups is 1. The first-order valence-electron chi connectivity index (χ1n) is 9.84. The first-order chi connectivity index (χ1) is 16.1. The minimum Gasteiger partial charge on any atom is -0.506 e. The van der Waals surface area contributed by atoms with Crippen molar-refractivity contribution >= 4 is 49.8 Å². The molecule has 0 aliphatic carbocycles. The molecule has 0 spiro atoms. The SMILES string of the molecule is Cc1ccc(/N=N/c2ccc(-c3c(O)c(C(=O)O)cc4ccccc34)cc2S(=O)(=O)O)cc1Cl. The van der Waals surface area contributed by atoms with Crippen molar-refractivity contribution in [2.75, 3.05) is 0 Å². The Bertz CT molecular complexity index is 1600. The molecule has 0 bridgehead atoms. The van der Waals surface area contributed by atoms with Crippen LogP contribution in [-0.4, -0.2) is 29.2 Å². The molecule has 0 saturated carbocycles. The third kappa shape index (κ3) is 4.49. The molecular weight excluding hydrogens is 480 g/mol. The van der Waals surface area contributed by atoms with Gasteiger partial charge in [0.2, 0.25) is 0 Å². The van der Waals surface area contributed by atoms with Crippen LogP contribution in [0.25, 0.3) is 21.9 Å². The second-order valence-electron chi connectivity index (χ2n) is 7.47. The number of aromatic carboxylic acids is 1. The van der Waals surface area contributed by atoms with E-state index >= 15 is 0 Å². The number of carboxylic acid groups (broad SMARTS) is 1. The average molecular weight is 497 g/mol. The van der Waals surface area contributed by atoms with E-state index in [1.807, 2.05) is 6.92 Å². The van der Waals surface area contributed by atoms with Gasteiger partial charge in [-0.1, -0.05) is 48.0 Å². The van der Waals surface area contributed by atoms with Crippen molar-refractivity contribution in [3.8, 4) is 16.9 Å². The molecule has 0 heterocycles. The number of benzene rings is 4.